The van der Waals surface area contributed by atoms with Crippen LogP contribution in [0.4, 0.5) is 11.4 Å². The molecule has 3 aromatic rings. The predicted octanol–water partition coefficient (Wildman–Crippen LogP) is 3.79. The van der Waals surface area contributed by atoms with Crippen LogP contribution < -0.4 is 11.1 Å². The zero-order valence-electron chi connectivity index (χ0n) is 11.7. The first kappa shape index (κ1) is 12.2. The van der Waals surface area contributed by atoms with Crippen molar-refractivity contribution in [2.45, 2.75) is 18.4 Å². The average molecular weight is 275 g/mol. The van der Waals surface area contributed by atoms with Crippen molar-refractivity contribution in [2.75, 3.05) is 11.1 Å². The maximum Gasteiger partial charge on any atom is 0.0953 e. The van der Waals surface area contributed by atoms with Crippen LogP contribution >= 0.6 is 0 Å². The molecule has 0 saturated heterocycles. The lowest BCUT2D eigenvalue weighted by atomic mass is 10.1. The molecule has 1 saturated carbocycles. The van der Waals surface area contributed by atoms with Crippen LogP contribution in [0, 0.1) is 0 Å². The highest BCUT2D eigenvalue weighted by Gasteiger charge is 2.38. The maximum atomic E-state index is 6.02. The van der Waals surface area contributed by atoms with Gasteiger partial charge in [0.25, 0.3) is 0 Å². The molecule has 2 aromatic carbocycles. The van der Waals surface area contributed by atoms with E-state index in [2.05, 4.69) is 40.6 Å². The van der Waals surface area contributed by atoms with Crippen LogP contribution in [0.3, 0.4) is 0 Å². The van der Waals surface area contributed by atoms with Crippen LogP contribution in [-0.4, -0.2) is 11.0 Å². The van der Waals surface area contributed by atoms with E-state index >= 15 is 0 Å². The van der Waals surface area contributed by atoms with Gasteiger partial charge in [0.05, 0.1) is 11.2 Å². The van der Waals surface area contributed by atoms with E-state index in [0.717, 1.165) is 22.3 Å². The third kappa shape index (κ3) is 2.21. The molecular weight excluding hydrogens is 258 g/mol. The summed E-state index contributed by atoms with van der Waals surface area (Å²) in [5, 5.41) is 4.63. The smallest absolute Gasteiger partial charge is 0.0953 e. The minimum absolute atomic E-state index is 0.487. The van der Waals surface area contributed by atoms with E-state index in [-0.39, 0.29) is 0 Å². The molecule has 3 N–H and O–H groups in total. The minimum atomic E-state index is 0.487. The molecular formula is C18H17N3. The molecule has 2 atom stereocenters. The molecule has 2 unspecified atom stereocenters. The second-order valence-corrected chi connectivity index (χ2v) is 5.61. The molecule has 0 amide bonds. The zero-order chi connectivity index (χ0) is 14.2. The van der Waals surface area contributed by atoms with Crippen molar-refractivity contribution in [1.29, 1.82) is 0 Å². The minimum Gasteiger partial charge on any atom is -0.398 e. The van der Waals surface area contributed by atoms with Crippen LogP contribution in [0.2, 0.25) is 0 Å². The number of hydrogen-bond donors (Lipinski definition) is 2. The first-order valence-electron chi connectivity index (χ1n) is 7.27. The summed E-state index contributed by atoms with van der Waals surface area (Å²) in [6, 6.07) is 19.1. The van der Waals surface area contributed by atoms with Gasteiger partial charge in [0.1, 0.15) is 0 Å². The number of hydrogen-bond acceptors (Lipinski definition) is 3. The fraction of sp³-hybridized carbons (Fsp3) is 0.167. The Morgan fingerprint density at radius 3 is 2.71 bits per heavy atom. The number of rotatable bonds is 3. The molecule has 1 aliphatic rings. The Balaban J connectivity index is 1.61. The van der Waals surface area contributed by atoms with E-state index in [1.54, 1.807) is 0 Å². The number of nitrogens with one attached hydrogen (secondary N) is 1. The summed E-state index contributed by atoms with van der Waals surface area (Å²) in [5.41, 5.74) is 10.2. The summed E-state index contributed by atoms with van der Waals surface area (Å²) < 4.78 is 0. The van der Waals surface area contributed by atoms with Crippen LogP contribution in [0.15, 0.2) is 60.8 Å². The Bertz CT molecular complexity index is 783. The Labute approximate surface area is 123 Å². The van der Waals surface area contributed by atoms with Gasteiger partial charge in [-0.25, -0.2) is 0 Å². The largest absolute Gasteiger partial charge is 0.398 e. The SMILES string of the molecule is Nc1ccc(NC2CC2c2ccccc2)c2ncccc12. The van der Waals surface area contributed by atoms with Crippen molar-refractivity contribution in [3.8, 4) is 0 Å². The summed E-state index contributed by atoms with van der Waals surface area (Å²) in [6.45, 7) is 0. The van der Waals surface area contributed by atoms with Crippen LogP contribution in [0.5, 0.6) is 0 Å². The number of aromatic nitrogens is 1. The molecule has 1 aliphatic carbocycles. The molecule has 4 rings (SSSR count). The number of nitrogens with two attached hydrogens (primary N) is 1. The number of benzene rings is 2. The number of anilines is 2. The molecule has 104 valence electrons. The quantitative estimate of drug-likeness (QED) is 0.715. The second kappa shape index (κ2) is 4.77. The van der Waals surface area contributed by atoms with Gasteiger partial charge in [-0.3, -0.25) is 4.98 Å². The summed E-state index contributed by atoms with van der Waals surface area (Å²) >= 11 is 0. The highest BCUT2D eigenvalue weighted by atomic mass is 15.0. The van der Waals surface area contributed by atoms with Crippen LogP contribution in [-0.2, 0) is 0 Å². The first-order chi connectivity index (χ1) is 10.3. The third-order valence-electron chi connectivity index (χ3n) is 4.16. The van der Waals surface area contributed by atoms with Crippen molar-refractivity contribution >= 4 is 22.3 Å². The highest BCUT2D eigenvalue weighted by Crippen LogP contribution is 2.43. The maximum absolute atomic E-state index is 6.02. The van der Waals surface area contributed by atoms with Gasteiger partial charge in [0.15, 0.2) is 0 Å². The van der Waals surface area contributed by atoms with Crippen molar-refractivity contribution in [2.24, 2.45) is 0 Å². The lowest BCUT2D eigenvalue weighted by Gasteiger charge is -2.10. The lowest BCUT2D eigenvalue weighted by molar-refractivity contribution is 1.05. The van der Waals surface area contributed by atoms with E-state index < -0.39 is 0 Å². The summed E-state index contributed by atoms with van der Waals surface area (Å²) in [6.07, 6.45) is 2.98. The van der Waals surface area contributed by atoms with Crippen LogP contribution in [0.25, 0.3) is 10.9 Å². The molecule has 21 heavy (non-hydrogen) atoms. The molecule has 0 radical (unpaired) electrons. The van der Waals surface area contributed by atoms with Crippen molar-refractivity contribution in [3.05, 3.63) is 66.4 Å². The third-order valence-corrected chi connectivity index (χ3v) is 4.16. The van der Waals surface area contributed by atoms with Gasteiger partial charge >= 0.3 is 0 Å². The van der Waals surface area contributed by atoms with Gasteiger partial charge in [-0.05, 0) is 36.2 Å². The van der Waals surface area contributed by atoms with E-state index in [1.807, 2.05) is 30.5 Å². The van der Waals surface area contributed by atoms with Crippen LogP contribution in [0.1, 0.15) is 17.9 Å². The Morgan fingerprint density at radius 2 is 1.86 bits per heavy atom. The Morgan fingerprint density at radius 1 is 1.00 bits per heavy atom. The number of nitrogens with zero attached hydrogens (tertiary/aromatic N) is 1. The normalized spacial score (nSPS) is 20.4. The number of nitrogen functional groups attached to an aromatic ring is 1. The van der Waals surface area contributed by atoms with E-state index in [4.69, 9.17) is 5.73 Å². The average Bonchev–Trinajstić information content (AvgIpc) is 3.31. The Hall–Kier alpha value is -2.55. The summed E-state index contributed by atoms with van der Waals surface area (Å²) in [5.74, 6) is 0.600. The number of pyridine rings is 1. The van der Waals surface area contributed by atoms with Gasteiger partial charge in [-0.2, -0.15) is 0 Å². The fourth-order valence-corrected chi connectivity index (χ4v) is 2.93. The predicted molar refractivity (Wildman–Crippen MR) is 87.4 cm³/mol. The van der Waals surface area contributed by atoms with Gasteiger partial charge in [0, 0.05) is 29.2 Å². The molecule has 1 heterocycles. The highest BCUT2D eigenvalue weighted by molar-refractivity contribution is 5.98. The van der Waals surface area contributed by atoms with E-state index in [0.29, 0.717) is 12.0 Å². The molecule has 0 spiro atoms. The fourth-order valence-electron chi connectivity index (χ4n) is 2.93. The molecule has 3 heteroatoms. The first-order valence-corrected chi connectivity index (χ1v) is 7.27. The van der Waals surface area contributed by atoms with Gasteiger partial charge in [-0.15, -0.1) is 0 Å². The van der Waals surface area contributed by atoms with Crippen molar-refractivity contribution < 1.29 is 0 Å². The van der Waals surface area contributed by atoms with Crippen molar-refractivity contribution in [3.63, 3.8) is 0 Å². The topological polar surface area (TPSA) is 50.9 Å². The monoisotopic (exact) mass is 275 g/mol. The Kier molecular flexibility index (Phi) is 2.78. The zero-order valence-corrected chi connectivity index (χ0v) is 11.7. The summed E-state index contributed by atoms with van der Waals surface area (Å²) in [4.78, 5) is 4.48. The number of fused-ring (bicyclic) bond motifs is 1. The molecule has 1 fully saturated rings. The van der Waals surface area contributed by atoms with Crippen molar-refractivity contribution in [1.82, 2.24) is 4.98 Å². The molecule has 1 aromatic heterocycles. The van der Waals surface area contributed by atoms with Gasteiger partial charge in [0.2, 0.25) is 0 Å². The van der Waals surface area contributed by atoms with Gasteiger partial charge < -0.3 is 11.1 Å². The molecule has 0 aliphatic heterocycles. The second-order valence-electron chi connectivity index (χ2n) is 5.61. The van der Waals surface area contributed by atoms with E-state index in [9.17, 15) is 0 Å². The lowest BCUT2D eigenvalue weighted by Crippen LogP contribution is -2.05. The van der Waals surface area contributed by atoms with Gasteiger partial charge in [-0.1, -0.05) is 30.3 Å². The van der Waals surface area contributed by atoms with E-state index in [1.165, 1.54) is 12.0 Å². The molecule has 3 nitrogen and oxygen atoms in total. The summed E-state index contributed by atoms with van der Waals surface area (Å²) in [7, 11) is 0. The standard InChI is InChI=1S/C18H17N3/c19-15-8-9-16(18-13(15)7-4-10-20-18)21-17-11-14(17)12-5-2-1-3-6-12/h1-10,14,17,21H,11,19H2. The molecule has 0 bridgehead atoms.